The van der Waals surface area contributed by atoms with Crippen LogP contribution >= 0.6 is 0 Å². The molecule has 0 aromatic carbocycles. The van der Waals surface area contributed by atoms with Crippen molar-refractivity contribution in [2.24, 2.45) is 5.92 Å². The van der Waals surface area contributed by atoms with Crippen LogP contribution < -0.4 is 0 Å². The zero-order valence-electron chi connectivity index (χ0n) is 9.77. The maximum absolute atomic E-state index is 8.95. The second kappa shape index (κ2) is 5.83. The third-order valence-corrected chi connectivity index (χ3v) is 2.31. The second-order valence-corrected chi connectivity index (χ2v) is 4.25. The lowest BCUT2D eigenvalue weighted by Gasteiger charge is -2.19. The van der Waals surface area contributed by atoms with Crippen LogP contribution in [0.2, 0.25) is 0 Å². The Morgan fingerprint density at radius 3 is 2.80 bits per heavy atom. The van der Waals surface area contributed by atoms with Crippen LogP contribution in [0.1, 0.15) is 18.3 Å². The van der Waals surface area contributed by atoms with Crippen molar-refractivity contribution in [1.82, 2.24) is 9.88 Å². The Morgan fingerprint density at radius 2 is 2.20 bits per heavy atom. The standard InChI is InChI=1S/C12H20N2O/c1-10(9-15)7-14(3)8-12-6-4-5-11(2)13-12/h4-6,10,15H,7-9H2,1-3H3. The van der Waals surface area contributed by atoms with E-state index in [1.165, 1.54) is 0 Å². The fraction of sp³-hybridized carbons (Fsp3) is 0.583. The molecule has 1 aromatic heterocycles. The minimum Gasteiger partial charge on any atom is -0.396 e. The predicted octanol–water partition coefficient (Wildman–Crippen LogP) is 1.45. The minimum absolute atomic E-state index is 0.242. The highest BCUT2D eigenvalue weighted by Gasteiger charge is 2.06. The lowest BCUT2D eigenvalue weighted by atomic mass is 10.2. The summed E-state index contributed by atoms with van der Waals surface area (Å²) < 4.78 is 0. The van der Waals surface area contributed by atoms with Gasteiger partial charge in [0.1, 0.15) is 0 Å². The number of aromatic nitrogens is 1. The van der Waals surface area contributed by atoms with Crippen molar-refractivity contribution in [2.75, 3.05) is 20.2 Å². The van der Waals surface area contributed by atoms with E-state index in [0.29, 0.717) is 5.92 Å². The highest BCUT2D eigenvalue weighted by Crippen LogP contribution is 2.04. The van der Waals surface area contributed by atoms with Gasteiger partial charge in [0.15, 0.2) is 0 Å². The van der Waals surface area contributed by atoms with Gasteiger partial charge in [0.2, 0.25) is 0 Å². The first-order valence-corrected chi connectivity index (χ1v) is 5.33. The second-order valence-electron chi connectivity index (χ2n) is 4.25. The van der Waals surface area contributed by atoms with E-state index in [1.54, 1.807) is 0 Å². The summed E-state index contributed by atoms with van der Waals surface area (Å²) in [6, 6.07) is 6.06. The molecule has 0 aliphatic rings. The highest BCUT2D eigenvalue weighted by atomic mass is 16.3. The molecule has 0 radical (unpaired) electrons. The molecular weight excluding hydrogens is 188 g/mol. The van der Waals surface area contributed by atoms with Crippen molar-refractivity contribution in [3.8, 4) is 0 Å². The lowest BCUT2D eigenvalue weighted by Crippen LogP contribution is -2.26. The zero-order chi connectivity index (χ0) is 11.3. The molecule has 0 amide bonds. The molecule has 3 nitrogen and oxygen atoms in total. The summed E-state index contributed by atoms with van der Waals surface area (Å²) in [5.74, 6) is 0.319. The van der Waals surface area contributed by atoms with E-state index in [-0.39, 0.29) is 6.61 Å². The molecule has 0 spiro atoms. The molecule has 1 aromatic rings. The Hall–Kier alpha value is -0.930. The maximum Gasteiger partial charge on any atom is 0.0547 e. The van der Waals surface area contributed by atoms with E-state index in [0.717, 1.165) is 24.5 Å². The molecular formula is C12H20N2O. The van der Waals surface area contributed by atoms with Gasteiger partial charge in [-0.3, -0.25) is 4.98 Å². The Balaban J connectivity index is 2.47. The molecule has 1 N–H and O–H groups in total. The number of aliphatic hydroxyl groups is 1. The fourth-order valence-corrected chi connectivity index (χ4v) is 1.62. The molecule has 0 aliphatic heterocycles. The van der Waals surface area contributed by atoms with Crippen LogP contribution in [0.3, 0.4) is 0 Å². The zero-order valence-corrected chi connectivity index (χ0v) is 9.77. The van der Waals surface area contributed by atoms with E-state index < -0.39 is 0 Å². The van der Waals surface area contributed by atoms with Gasteiger partial charge in [0.25, 0.3) is 0 Å². The van der Waals surface area contributed by atoms with Crippen molar-refractivity contribution in [3.63, 3.8) is 0 Å². The summed E-state index contributed by atoms with van der Waals surface area (Å²) in [6.45, 7) is 6.02. The van der Waals surface area contributed by atoms with Gasteiger partial charge in [-0.2, -0.15) is 0 Å². The third kappa shape index (κ3) is 4.40. The molecule has 15 heavy (non-hydrogen) atoms. The first kappa shape index (κ1) is 12.1. The summed E-state index contributed by atoms with van der Waals surface area (Å²) in [4.78, 5) is 6.63. The van der Waals surface area contributed by atoms with Crippen LogP contribution in [0, 0.1) is 12.8 Å². The Labute approximate surface area is 91.8 Å². The first-order valence-electron chi connectivity index (χ1n) is 5.33. The van der Waals surface area contributed by atoms with Crippen molar-refractivity contribution >= 4 is 0 Å². The molecule has 0 saturated carbocycles. The summed E-state index contributed by atoms with van der Waals surface area (Å²) in [6.07, 6.45) is 0. The summed E-state index contributed by atoms with van der Waals surface area (Å²) in [5, 5.41) is 8.95. The quantitative estimate of drug-likeness (QED) is 0.795. The summed E-state index contributed by atoms with van der Waals surface area (Å²) >= 11 is 0. The van der Waals surface area contributed by atoms with Crippen LogP contribution in [0.25, 0.3) is 0 Å². The molecule has 3 heteroatoms. The summed E-state index contributed by atoms with van der Waals surface area (Å²) in [5.41, 5.74) is 2.14. The fourth-order valence-electron chi connectivity index (χ4n) is 1.62. The van der Waals surface area contributed by atoms with Gasteiger partial charge in [0.05, 0.1) is 5.69 Å². The summed E-state index contributed by atoms with van der Waals surface area (Å²) in [7, 11) is 2.05. The number of rotatable bonds is 5. The molecule has 1 rings (SSSR count). The number of hydrogen-bond donors (Lipinski definition) is 1. The average Bonchev–Trinajstić information content (AvgIpc) is 2.17. The van der Waals surface area contributed by atoms with Gasteiger partial charge in [0, 0.05) is 25.4 Å². The van der Waals surface area contributed by atoms with Gasteiger partial charge in [-0.15, -0.1) is 0 Å². The maximum atomic E-state index is 8.95. The monoisotopic (exact) mass is 208 g/mol. The molecule has 1 unspecified atom stereocenters. The predicted molar refractivity (Wildman–Crippen MR) is 61.6 cm³/mol. The van der Waals surface area contributed by atoms with Crippen molar-refractivity contribution in [3.05, 3.63) is 29.6 Å². The number of pyridine rings is 1. The Kier molecular flexibility index (Phi) is 4.72. The van der Waals surface area contributed by atoms with Crippen LogP contribution in [-0.4, -0.2) is 35.2 Å². The molecule has 0 bridgehead atoms. The number of nitrogens with zero attached hydrogens (tertiary/aromatic N) is 2. The topological polar surface area (TPSA) is 36.4 Å². The molecule has 0 saturated heterocycles. The van der Waals surface area contributed by atoms with Crippen LogP contribution in [0.5, 0.6) is 0 Å². The molecule has 84 valence electrons. The van der Waals surface area contributed by atoms with E-state index in [1.807, 2.05) is 32.0 Å². The number of aliphatic hydroxyl groups excluding tert-OH is 1. The van der Waals surface area contributed by atoms with Crippen LogP contribution in [0.15, 0.2) is 18.2 Å². The van der Waals surface area contributed by atoms with E-state index in [4.69, 9.17) is 5.11 Å². The van der Waals surface area contributed by atoms with Crippen LogP contribution in [0.4, 0.5) is 0 Å². The van der Waals surface area contributed by atoms with Crippen molar-refractivity contribution in [1.29, 1.82) is 0 Å². The van der Waals surface area contributed by atoms with Crippen LogP contribution in [-0.2, 0) is 6.54 Å². The van der Waals surface area contributed by atoms with Crippen molar-refractivity contribution < 1.29 is 5.11 Å². The molecule has 1 atom stereocenters. The SMILES string of the molecule is Cc1cccc(CN(C)CC(C)CO)n1. The Bertz CT molecular complexity index is 301. The molecule has 0 aliphatic carbocycles. The van der Waals surface area contributed by atoms with Gasteiger partial charge in [-0.05, 0) is 32.0 Å². The van der Waals surface area contributed by atoms with Gasteiger partial charge in [-0.25, -0.2) is 0 Å². The van der Waals surface area contributed by atoms with E-state index in [2.05, 4.69) is 16.9 Å². The number of hydrogen-bond acceptors (Lipinski definition) is 3. The third-order valence-electron chi connectivity index (χ3n) is 2.31. The van der Waals surface area contributed by atoms with Crippen molar-refractivity contribution in [2.45, 2.75) is 20.4 Å². The molecule has 0 fully saturated rings. The normalized spacial score (nSPS) is 13.1. The molecule has 1 heterocycles. The smallest absolute Gasteiger partial charge is 0.0547 e. The number of aryl methyl sites for hydroxylation is 1. The minimum atomic E-state index is 0.242. The lowest BCUT2D eigenvalue weighted by molar-refractivity contribution is 0.187. The average molecular weight is 208 g/mol. The first-order chi connectivity index (χ1) is 7.11. The Morgan fingerprint density at radius 1 is 1.47 bits per heavy atom. The highest BCUT2D eigenvalue weighted by molar-refractivity contribution is 5.09. The van der Waals surface area contributed by atoms with E-state index >= 15 is 0 Å². The van der Waals surface area contributed by atoms with Gasteiger partial charge >= 0.3 is 0 Å². The van der Waals surface area contributed by atoms with Gasteiger partial charge in [-0.1, -0.05) is 13.0 Å². The largest absolute Gasteiger partial charge is 0.396 e. The van der Waals surface area contributed by atoms with Gasteiger partial charge < -0.3 is 10.0 Å². The van der Waals surface area contributed by atoms with E-state index in [9.17, 15) is 0 Å².